The summed E-state index contributed by atoms with van der Waals surface area (Å²) < 4.78 is 45.3. The summed E-state index contributed by atoms with van der Waals surface area (Å²) in [6.07, 6.45) is 5.91. The Hall–Kier alpha value is -4.49. The van der Waals surface area contributed by atoms with Gasteiger partial charge in [-0.3, -0.25) is 4.90 Å². The van der Waals surface area contributed by atoms with Gasteiger partial charge in [0.1, 0.15) is 35.8 Å². The molecule has 0 bridgehead atoms. The highest BCUT2D eigenvalue weighted by atomic mass is 19.1. The number of aromatic nitrogens is 5. The number of nitrogens with zero attached hydrogens (tertiary/aromatic N) is 6. The molecule has 13 heteroatoms. The minimum absolute atomic E-state index is 0.119. The van der Waals surface area contributed by atoms with Crippen LogP contribution in [0, 0.1) is 11.6 Å². The van der Waals surface area contributed by atoms with Gasteiger partial charge in [0.25, 0.3) is 0 Å². The summed E-state index contributed by atoms with van der Waals surface area (Å²) in [4.78, 5) is 23.6. The number of rotatable bonds is 9. The Kier molecular flexibility index (Phi) is 7.99. The Morgan fingerprint density at radius 3 is 2.33 bits per heavy atom. The van der Waals surface area contributed by atoms with Crippen molar-refractivity contribution in [2.24, 2.45) is 0 Å². The molecule has 1 fully saturated rings. The average molecular weight is 537 g/mol. The number of morpholine rings is 1. The number of hydrogen-bond acceptors (Lipinski definition) is 11. The topological polar surface area (TPSA) is 119 Å². The minimum atomic E-state index is -0.937. The van der Waals surface area contributed by atoms with Crippen LogP contribution >= 0.6 is 0 Å². The number of ether oxygens (including phenoxy) is 3. The summed E-state index contributed by atoms with van der Waals surface area (Å²) in [6.45, 7) is 4.08. The number of benzene rings is 1. The molecule has 2 N–H and O–H groups in total. The Balaban J connectivity index is 1.36. The van der Waals surface area contributed by atoms with Crippen LogP contribution in [0.4, 0.5) is 31.9 Å². The second-order valence-corrected chi connectivity index (χ2v) is 8.55. The molecule has 4 aromatic rings. The zero-order chi connectivity index (χ0) is 27.2. The molecule has 3 aromatic heterocycles. The van der Waals surface area contributed by atoms with Crippen LogP contribution in [-0.2, 0) is 11.3 Å². The van der Waals surface area contributed by atoms with Crippen molar-refractivity contribution in [1.29, 1.82) is 0 Å². The number of methoxy groups -OCH3 is 2. The SMILES string of the molecule is COc1cc(OC)c(F)c(Nc2ncncc2-c2cc(Nc3ccc(CN4CCOCC4)cn3)ncn2)c1F. The zero-order valence-corrected chi connectivity index (χ0v) is 21.3. The molecule has 1 aliphatic rings. The lowest BCUT2D eigenvalue weighted by atomic mass is 10.2. The van der Waals surface area contributed by atoms with Gasteiger partial charge in [-0.1, -0.05) is 6.07 Å². The van der Waals surface area contributed by atoms with Gasteiger partial charge in [0.15, 0.2) is 23.1 Å². The molecule has 4 heterocycles. The van der Waals surface area contributed by atoms with E-state index in [1.54, 1.807) is 6.07 Å². The standard InChI is InChI=1S/C26H26F2N8O3/c1-37-19-10-20(38-2)24(28)25(23(19)27)35-26-17(12-29-14-33-26)18-9-22(32-15-31-18)34-21-4-3-16(11-30-21)13-36-5-7-39-8-6-36/h3-4,9-12,14-15H,5-8,13H2,1-2H3,(H,29,33,35)(H,30,31,32,34). The number of pyridine rings is 1. The maximum Gasteiger partial charge on any atom is 0.191 e. The normalized spacial score (nSPS) is 13.6. The van der Waals surface area contributed by atoms with Crippen LogP contribution < -0.4 is 20.1 Å². The van der Waals surface area contributed by atoms with E-state index in [0.29, 0.717) is 22.9 Å². The van der Waals surface area contributed by atoms with Gasteiger partial charge in [0.2, 0.25) is 0 Å². The van der Waals surface area contributed by atoms with E-state index in [9.17, 15) is 8.78 Å². The molecular weight excluding hydrogens is 510 g/mol. The first-order valence-electron chi connectivity index (χ1n) is 12.1. The molecule has 0 amide bonds. The van der Waals surface area contributed by atoms with Gasteiger partial charge in [0.05, 0.1) is 38.7 Å². The predicted octanol–water partition coefficient (Wildman–Crippen LogP) is 3.94. The third kappa shape index (κ3) is 5.99. The van der Waals surface area contributed by atoms with E-state index in [-0.39, 0.29) is 17.3 Å². The first kappa shape index (κ1) is 26.1. The molecule has 39 heavy (non-hydrogen) atoms. The monoisotopic (exact) mass is 536 g/mol. The summed E-state index contributed by atoms with van der Waals surface area (Å²) in [7, 11) is 2.55. The van der Waals surface area contributed by atoms with Crippen LogP contribution in [0.2, 0.25) is 0 Å². The molecule has 1 aromatic carbocycles. The fraction of sp³-hybridized carbons (Fsp3) is 0.269. The maximum absolute atomic E-state index is 15.0. The average Bonchev–Trinajstić information content (AvgIpc) is 2.97. The van der Waals surface area contributed by atoms with E-state index >= 15 is 0 Å². The predicted molar refractivity (Wildman–Crippen MR) is 139 cm³/mol. The highest BCUT2D eigenvalue weighted by Crippen LogP contribution is 2.37. The number of halogens is 2. The molecule has 0 atom stereocenters. The smallest absolute Gasteiger partial charge is 0.191 e. The van der Waals surface area contributed by atoms with Gasteiger partial charge in [-0.2, -0.15) is 0 Å². The van der Waals surface area contributed by atoms with Gasteiger partial charge in [-0.15, -0.1) is 0 Å². The van der Waals surface area contributed by atoms with Crippen LogP contribution in [0.1, 0.15) is 5.56 Å². The van der Waals surface area contributed by atoms with E-state index in [4.69, 9.17) is 14.2 Å². The number of hydrogen-bond donors (Lipinski definition) is 2. The largest absolute Gasteiger partial charge is 0.493 e. The lowest BCUT2D eigenvalue weighted by Crippen LogP contribution is -2.35. The van der Waals surface area contributed by atoms with Crippen molar-refractivity contribution in [2.45, 2.75) is 6.54 Å². The van der Waals surface area contributed by atoms with Crippen LogP contribution in [0.25, 0.3) is 11.3 Å². The van der Waals surface area contributed by atoms with Crippen LogP contribution in [0.15, 0.2) is 49.3 Å². The molecule has 11 nitrogen and oxygen atoms in total. The van der Waals surface area contributed by atoms with Crippen LogP contribution in [0.5, 0.6) is 11.5 Å². The molecule has 5 rings (SSSR count). The van der Waals surface area contributed by atoms with Gasteiger partial charge >= 0.3 is 0 Å². The van der Waals surface area contributed by atoms with E-state index in [2.05, 4.69) is 40.5 Å². The molecule has 0 spiro atoms. The zero-order valence-electron chi connectivity index (χ0n) is 21.3. The summed E-state index contributed by atoms with van der Waals surface area (Å²) in [5, 5.41) is 5.85. The van der Waals surface area contributed by atoms with Gasteiger partial charge in [-0.25, -0.2) is 33.7 Å². The Morgan fingerprint density at radius 1 is 0.872 bits per heavy atom. The van der Waals surface area contributed by atoms with Crippen molar-refractivity contribution in [3.8, 4) is 22.8 Å². The highest BCUT2D eigenvalue weighted by Gasteiger charge is 2.22. The van der Waals surface area contributed by atoms with E-state index < -0.39 is 17.3 Å². The van der Waals surface area contributed by atoms with Crippen molar-refractivity contribution < 1.29 is 23.0 Å². The third-order valence-electron chi connectivity index (χ3n) is 6.06. The molecule has 0 unspecified atom stereocenters. The quantitative estimate of drug-likeness (QED) is 0.324. The molecule has 202 valence electrons. The fourth-order valence-electron chi connectivity index (χ4n) is 4.04. The lowest BCUT2D eigenvalue weighted by Gasteiger charge is -2.26. The first-order valence-corrected chi connectivity index (χ1v) is 12.1. The van der Waals surface area contributed by atoms with E-state index in [1.807, 2.05) is 18.3 Å². The first-order chi connectivity index (χ1) is 19.1. The summed E-state index contributed by atoms with van der Waals surface area (Å²) in [5.74, 6) is -1.08. The Labute approximate surface area is 223 Å². The van der Waals surface area contributed by atoms with E-state index in [1.165, 1.54) is 33.1 Å². The van der Waals surface area contributed by atoms with Gasteiger partial charge in [0, 0.05) is 44.2 Å². The summed E-state index contributed by atoms with van der Waals surface area (Å²) >= 11 is 0. The van der Waals surface area contributed by atoms with Crippen LogP contribution in [0.3, 0.4) is 0 Å². The van der Waals surface area contributed by atoms with Crippen molar-refractivity contribution in [1.82, 2.24) is 29.8 Å². The Morgan fingerprint density at radius 2 is 1.64 bits per heavy atom. The molecule has 0 radical (unpaired) electrons. The lowest BCUT2D eigenvalue weighted by molar-refractivity contribution is 0.0341. The third-order valence-corrected chi connectivity index (χ3v) is 6.06. The maximum atomic E-state index is 15.0. The number of anilines is 4. The highest BCUT2D eigenvalue weighted by molar-refractivity contribution is 5.78. The van der Waals surface area contributed by atoms with Crippen molar-refractivity contribution in [3.63, 3.8) is 0 Å². The van der Waals surface area contributed by atoms with Crippen molar-refractivity contribution in [2.75, 3.05) is 51.2 Å². The minimum Gasteiger partial charge on any atom is -0.493 e. The van der Waals surface area contributed by atoms with Crippen LogP contribution in [-0.4, -0.2) is 70.3 Å². The molecule has 1 saturated heterocycles. The molecular formula is C26H26F2N8O3. The summed E-state index contributed by atoms with van der Waals surface area (Å²) in [6, 6.07) is 6.66. The molecule has 1 aliphatic heterocycles. The summed E-state index contributed by atoms with van der Waals surface area (Å²) in [5.41, 5.74) is 1.41. The fourth-order valence-corrected chi connectivity index (χ4v) is 4.04. The van der Waals surface area contributed by atoms with Gasteiger partial charge in [-0.05, 0) is 11.6 Å². The number of nitrogens with one attached hydrogen (secondary N) is 2. The van der Waals surface area contributed by atoms with Gasteiger partial charge < -0.3 is 24.8 Å². The second kappa shape index (κ2) is 11.9. The van der Waals surface area contributed by atoms with E-state index in [0.717, 1.165) is 44.5 Å². The molecule has 0 saturated carbocycles. The molecule has 0 aliphatic carbocycles. The second-order valence-electron chi connectivity index (χ2n) is 8.55. The van der Waals surface area contributed by atoms with Crippen molar-refractivity contribution in [3.05, 3.63) is 66.5 Å². The van der Waals surface area contributed by atoms with Crippen molar-refractivity contribution >= 4 is 23.1 Å². The Bertz CT molecular complexity index is 1410.